The zero-order valence-electron chi connectivity index (χ0n) is 17.5. The maximum Gasteiger partial charge on any atom is 0.255 e. The summed E-state index contributed by atoms with van der Waals surface area (Å²) in [5.41, 5.74) is 1.66. The lowest BCUT2D eigenvalue weighted by Gasteiger charge is -2.09. The zero-order valence-corrected chi connectivity index (χ0v) is 17.5. The van der Waals surface area contributed by atoms with E-state index in [1.807, 2.05) is 19.1 Å². The fourth-order valence-electron chi connectivity index (χ4n) is 2.88. The molecule has 2 rings (SSSR count). The molecule has 0 aliphatic rings. The highest BCUT2D eigenvalue weighted by Gasteiger charge is 2.09. The van der Waals surface area contributed by atoms with Crippen LogP contribution in [0.4, 0.5) is 5.69 Å². The van der Waals surface area contributed by atoms with Crippen LogP contribution in [0.25, 0.3) is 0 Å². The second-order valence-corrected chi connectivity index (χ2v) is 7.08. The summed E-state index contributed by atoms with van der Waals surface area (Å²) < 4.78 is 5.74. The van der Waals surface area contributed by atoms with E-state index in [2.05, 4.69) is 17.6 Å². The fourth-order valence-corrected chi connectivity index (χ4v) is 2.88. The number of hydrogen-bond donors (Lipinski definition) is 2. The highest BCUT2D eigenvalue weighted by molar-refractivity contribution is 6.05. The van der Waals surface area contributed by atoms with Gasteiger partial charge in [0.2, 0.25) is 0 Å². The summed E-state index contributed by atoms with van der Waals surface area (Å²) in [5, 5.41) is 5.67. The largest absolute Gasteiger partial charge is 0.494 e. The maximum absolute atomic E-state index is 12.5. The van der Waals surface area contributed by atoms with Gasteiger partial charge in [-0.2, -0.15) is 0 Å². The lowest BCUT2D eigenvalue weighted by atomic mass is 10.1. The zero-order chi connectivity index (χ0) is 20.9. The first-order chi connectivity index (χ1) is 14.1. The molecular weight excluding hydrogens is 364 g/mol. The molecule has 5 nitrogen and oxygen atoms in total. The van der Waals surface area contributed by atoms with E-state index >= 15 is 0 Å². The molecule has 0 unspecified atom stereocenters. The van der Waals surface area contributed by atoms with Crippen molar-refractivity contribution in [2.75, 3.05) is 18.5 Å². The Labute approximate surface area is 173 Å². The Morgan fingerprint density at radius 3 is 2.31 bits per heavy atom. The Morgan fingerprint density at radius 1 is 0.828 bits per heavy atom. The molecule has 0 aromatic heterocycles. The van der Waals surface area contributed by atoms with E-state index in [1.165, 1.54) is 25.7 Å². The van der Waals surface area contributed by atoms with Crippen LogP contribution in [0, 0.1) is 0 Å². The number of unbranched alkanes of at least 4 members (excludes halogenated alkanes) is 4. The number of hydrogen-bond acceptors (Lipinski definition) is 3. The molecule has 0 radical (unpaired) electrons. The second kappa shape index (κ2) is 12.6. The van der Waals surface area contributed by atoms with E-state index in [1.54, 1.807) is 36.4 Å². The summed E-state index contributed by atoms with van der Waals surface area (Å²) in [4.78, 5) is 24.6. The first-order valence-corrected chi connectivity index (χ1v) is 10.6. The van der Waals surface area contributed by atoms with Gasteiger partial charge in [0.15, 0.2) is 0 Å². The van der Waals surface area contributed by atoms with Crippen LogP contribution >= 0.6 is 0 Å². The summed E-state index contributed by atoms with van der Waals surface area (Å²) in [6.45, 7) is 5.53. The Bertz CT molecular complexity index is 772. The van der Waals surface area contributed by atoms with Gasteiger partial charge in [-0.25, -0.2) is 0 Å². The Hall–Kier alpha value is -2.82. The van der Waals surface area contributed by atoms with E-state index in [0.717, 1.165) is 18.6 Å². The van der Waals surface area contributed by atoms with Gasteiger partial charge in [0.1, 0.15) is 5.75 Å². The van der Waals surface area contributed by atoms with Crippen molar-refractivity contribution < 1.29 is 14.3 Å². The molecule has 0 saturated heterocycles. The summed E-state index contributed by atoms with van der Waals surface area (Å²) in [6, 6.07) is 14.1. The van der Waals surface area contributed by atoms with Gasteiger partial charge in [-0.3, -0.25) is 9.59 Å². The molecule has 0 heterocycles. The molecule has 2 aromatic rings. The van der Waals surface area contributed by atoms with Gasteiger partial charge in [0.25, 0.3) is 11.8 Å². The molecule has 29 heavy (non-hydrogen) atoms. The number of rotatable bonds is 12. The predicted molar refractivity (Wildman–Crippen MR) is 118 cm³/mol. The topological polar surface area (TPSA) is 67.4 Å². The SMILES string of the molecule is CCCCCCCOc1ccc(C(=O)Nc2cccc(C(=O)NCCC)c2)cc1. The molecular formula is C24H32N2O3. The lowest BCUT2D eigenvalue weighted by molar-refractivity contribution is 0.0952. The van der Waals surface area contributed by atoms with Crippen LogP contribution in [-0.4, -0.2) is 25.0 Å². The molecule has 2 aromatic carbocycles. The van der Waals surface area contributed by atoms with Crippen LogP contribution in [0.1, 0.15) is 73.1 Å². The summed E-state index contributed by atoms with van der Waals surface area (Å²) >= 11 is 0. The first-order valence-electron chi connectivity index (χ1n) is 10.6. The summed E-state index contributed by atoms with van der Waals surface area (Å²) in [7, 11) is 0. The molecule has 0 aliphatic heterocycles. The van der Waals surface area contributed by atoms with Gasteiger partial charge >= 0.3 is 0 Å². The van der Waals surface area contributed by atoms with Crippen LogP contribution in [-0.2, 0) is 0 Å². The van der Waals surface area contributed by atoms with Crippen molar-refractivity contribution in [1.82, 2.24) is 5.32 Å². The number of benzene rings is 2. The lowest BCUT2D eigenvalue weighted by Crippen LogP contribution is -2.24. The van der Waals surface area contributed by atoms with Crippen LogP contribution in [0.3, 0.4) is 0 Å². The molecule has 156 valence electrons. The Morgan fingerprint density at radius 2 is 1.59 bits per heavy atom. The van der Waals surface area contributed by atoms with Crippen molar-refractivity contribution in [3.05, 3.63) is 59.7 Å². The molecule has 0 fully saturated rings. The molecule has 2 amide bonds. The van der Waals surface area contributed by atoms with Crippen molar-refractivity contribution in [3.8, 4) is 5.75 Å². The number of amides is 2. The van der Waals surface area contributed by atoms with Crippen molar-refractivity contribution >= 4 is 17.5 Å². The van der Waals surface area contributed by atoms with Gasteiger partial charge in [0.05, 0.1) is 6.61 Å². The number of nitrogens with one attached hydrogen (secondary N) is 2. The van der Waals surface area contributed by atoms with Gasteiger partial charge < -0.3 is 15.4 Å². The summed E-state index contributed by atoms with van der Waals surface area (Å²) in [5.74, 6) is 0.410. The quantitative estimate of drug-likeness (QED) is 0.470. The van der Waals surface area contributed by atoms with Crippen molar-refractivity contribution in [2.45, 2.75) is 52.4 Å². The average molecular weight is 397 g/mol. The minimum atomic E-state index is -0.220. The van der Waals surface area contributed by atoms with Crippen LogP contribution < -0.4 is 15.4 Å². The maximum atomic E-state index is 12.5. The molecule has 0 atom stereocenters. The van der Waals surface area contributed by atoms with Gasteiger partial charge in [-0.1, -0.05) is 45.6 Å². The Balaban J connectivity index is 1.85. The van der Waals surface area contributed by atoms with E-state index in [9.17, 15) is 9.59 Å². The van der Waals surface area contributed by atoms with E-state index in [-0.39, 0.29) is 11.8 Å². The molecule has 2 N–H and O–H groups in total. The van der Waals surface area contributed by atoms with Crippen LogP contribution in [0.5, 0.6) is 5.75 Å². The molecule has 0 spiro atoms. The number of carbonyl (C=O) groups is 2. The van der Waals surface area contributed by atoms with Crippen molar-refractivity contribution in [2.24, 2.45) is 0 Å². The van der Waals surface area contributed by atoms with Gasteiger partial charge in [-0.05, 0) is 55.3 Å². The van der Waals surface area contributed by atoms with Crippen LogP contribution in [0.2, 0.25) is 0 Å². The molecule has 5 heteroatoms. The molecule has 0 bridgehead atoms. The monoisotopic (exact) mass is 396 g/mol. The average Bonchev–Trinajstić information content (AvgIpc) is 2.75. The van der Waals surface area contributed by atoms with Gasteiger partial charge in [-0.15, -0.1) is 0 Å². The smallest absolute Gasteiger partial charge is 0.255 e. The minimum Gasteiger partial charge on any atom is -0.494 e. The van der Waals surface area contributed by atoms with E-state index < -0.39 is 0 Å². The molecule has 0 saturated carbocycles. The Kier molecular flexibility index (Phi) is 9.76. The normalized spacial score (nSPS) is 10.4. The fraction of sp³-hybridized carbons (Fsp3) is 0.417. The van der Waals surface area contributed by atoms with Crippen LogP contribution in [0.15, 0.2) is 48.5 Å². The minimum absolute atomic E-state index is 0.140. The highest BCUT2D eigenvalue weighted by Crippen LogP contribution is 2.16. The number of carbonyl (C=O) groups excluding carboxylic acids is 2. The van der Waals surface area contributed by atoms with Gasteiger partial charge in [0, 0.05) is 23.4 Å². The third-order valence-electron chi connectivity index (χ3n) is 4.55. The number of anilines is 1. The highest BCUT2D eigenvalue weighted by atomic mass is 16.5. The van der Waals surface area contributed by atoms with Crippen molar-refractivity contribution in [3.63, 3.8) is 0 Å². The third kappa shape index (κ3) is 7.98. The van der Waals surface area contributed by atoms with E-state index in [0.29, 0.717) is 30.0 Å². The molecule has 0 aliphatic carbocycles. The van der Waals surface area contributed by atoms with Crippen molar-refractivity contribution in [1.29, 1.82) is 0 Å². The number of ether oxygens (including phenoxy) is 1. The first kappa shape index (κ1) is 22.5. The third-order valence-corrected chi connectivity index (χ3v) is 4.55. The summed E-state index contributed by atoms with van der Waals surface area (Å²) in [6.07, 6.45) is 6.87. The predicted octanol–water partition coefficient (Wildman–Crippen LogP) is 5.43. The van der Waals surface area contributed by atoms with E-state index in [4.69, 9.17) is 4.74 Å². The second-order valence-electron chi connectivity index (χ2n) is 7.08. The standard InChI is InChI=1S/C24H32N2O3/c1-3-5-6-7-8-17-29-22-14-12-19(13-15-22)24(28)26-21-11-9-10-20(18-21)23(27)25-16-4-2/h9-15,18H,3-8,16-17H2,1-2H3,(H,25,27)(H,26,28).